The molecule has 6 rings (SSSR count). The van der Waals surface area contributed by atoms with Crippen molar-refractivity contribution in [3.05, 3.63) is 40.7 Å². The molecular weight excluding hydrogens is 466 g/mol. The van der Waals surface area contributed by atoms with Crippen LogP contribution < -0.4 is 5.32 Å². The maximum atomic E-state index is 14.0. The number of nitrogens with zero attached hydrogens (tertiary/aromatic N) is 3. The van der Waals surface area contributed by atoms with Crippen molar-refractivity contribution < 1.29 is 32.7 Å². The van der Waals surface area contributed by atoms with Gasteiger partial charge in [-0.25, -0.2) is 22.9 Å². The van der Waals surface area contributed by atoms with E-state index in [1.165, 1.54) is 17.5 Å². The maximum absolute atomic E-state index is 14.0. The SMILES string of the molecule is O=C(O[C@H]1C[N+]2(C(=O)Nc3cccnn3)CCC1CC2)C(O)(c1ccsc1)C1CCC(F)(F)C1. The molecule has 2 aromatic rings. The van der Waals surface area contributed by atoms with Crippen LogP contribution in [0.4, 0.5) is 19.4 Å². The van der Waals surface area contributed by atoms with E-state index in [-0.39, 0.29) is 41.4 Å². The first-order chi connectivity index (χ1) is 16.2. The summed E-state index contributed by atoms with van der Waals surface area (Å²) in [6.07, 6.45) is 1.39. The molecule has 2 aromatic heterocycles. The van der Waals surface area contributed by atoms with Crippen molar-refractivity contribution in [3.63, 3.8) is 0 Å². The van der Waals surface area contributed by atoms with E-state index < -0.39 is 35.9 Å². The summed E-state index contributed by atoms with van der Waals surface area (Å²) in [7, 11) is 0. The molecule has 4 aliphatic rings. The van der Waals surface area contributed by atoms with Crippen molar-refractivity contribution in [1.82, 2.24) is 10.2 Å². The summed E-state index contributed by atoms with van der Waals surface area (Å²) >= 11 is 1.28. The lowest BCUT2D eigenvalue weighted by molar-refractivity contribution is -0.869. The molecule has 2 N–H and O–H groups in total. The highest BCUT2D eigenvalue weighted by molar-refractivity contribution is 7.08. The van der Waals surface area contributed by atoms with Crippen molar-refractivity contribution in [2.24, 2.45) is 11.8 Å². The highest BCUT2D eigenvalue weighted by atomic mass is 32.1. The zero-order valence-corrected chi connectivity index (χ0v) is 19.3. The number of quaternary nitrogens is 1. The number of anilines is 1. The molecule has 1 aliphatic carbocycles. The number of halogens is 2. The van der Waals surface area contributed by atoms with Gasteiger partial charge in [-0.3, -0.25) is 5.32 Å². The summed E-state index contributed by atoms with van der Waals surface area (Å²) in [6, 6.07) is 4.66. The standard InChI is InChI=1S/C23H26F2N4O4S/c24-22(25)7-3-16(12-22)23(32,17-6-11-34-14-17)20(30)33-18-13-29(9-4-15(18)5-10-29)21(31)27-19-2-1-8-26-28-19/h1-2,6,8,11,14-16,18,32H,3-5,7,9-10,12-13H2/p+1/t15?,16?,18-,23?,29?/m0/s1. The molecule has 3 aliphatic heterocycles. The van der Waals surface area contributed by atoms with E-state index in [1.54, 1.807) is 29.0 Å². The third-order valence-corrected chi connectivity index (χ3v) is 8.36. The number of piperidine rings is 3. The van der Waals surface area contributed by atoms with Crippen LogP contribution in [0.2, 0.25) is 0 Å². The summed E-state index contributed by atoms with van der Waals surface area (Å²) in [4.78, 5) is 26.6. The normalized spacial score (nSPS) is 31.6. The molecule has 8 nitrogen and oxygen atoms in total. The average molecular weight is 494 g/mol. The minimum Gasteiger partial charge on any atom is -0.454 e. The molecule has 3 atom stereocenters. The molecule has 2 amide bonds. The van der Waals surface area contributed by atoms with Crippen LogP contribution in [0.25, 0.3) is 0 Å². The van der Waals surface area contributed by atoms with E-state index in [4.69, 9.17) is 4.74 Å². The molecule has 0 radical (unpaired) electrons. The first-order valence-corrected chi connectivity index (χ1v) is 12.5. The summed E-state index contributed by atoms with van der Waals surface area (Å²) in [5, 5.41) is 25.3. The molecule has 2 bridgehead atoms. The molecule has 0 spiro atoms. The molecular formula is C23H27F2N4O4S+. The molecule has 4 fully saturated rings. The van der Waals surface area contributed by atoms with Gasteiger partial charge in [-0.15, -0.1) is 5.10 Å². The van der Waals surface area contributed by atoms with Crippen LogP contribution in [-0.4, -0.2) is 63.4 Å². The molecule has 3 saturated heterocycles. The van der Waals surface area contributed by atoms with Gasteiger partial charge in [0, 0.05) is 49.3 Å². The lowest BCUT2D eigenvalue weighted by Gasteiger charge is -2.49. The van der Waals surface area contributed by atoms with Crippen LogP contribution in [0, 0.1) is 11.8 Å². The largest absolute Gasteiger partial charge is 0.454 e. The van der Waals surface area contributed by atoms with E-state index in [0.29, 0.717) is 31.7 Å². The second-order valence-corrected chi connectivity index (χ2v) is 10.4. The first-order valence-electron chi connectivity index (χ1n) is 11.5. The van der Waals surface area contributed by atoms with Crippen molar-refractivity contribution in [2.75, 3.05) is 25.0 Å². The number of rotatable bonds is 5. The van der Waals surface area contributed by atoms with Crippen LogP contribution in [0.1, 0.15) is 37.7 Å². The van der Waals surface area contributed by atoms with Crippen molar-refractivity contribution in [1.29, 1.82) is 0 Å². The number of hydrogen-bond donors (Lipinski definition) is 2. The Balaban J connectivity index is 1.35. The minimum absolute atomic E-state index is 0.0308. The number of alkyl halides is 2. The molecule has 0 aromatic carbocycles. The highest BCUT2D eigenvalue weighted by Gasteiger charge is 2.57. The summed E-state index contributed by atoms with van der Waals surface area (Å²) < 4.78 is 34.0. The van der Waals surface area contributed by atoms with Gasteiger partial charge in [0.25, 0.3) is 0 Å². The van der Waals surface area contributed by atoms with Crippen LogP contribution in [0.3, 0.4) is 0 Å². The number of esters is 1. The molecule has 1 saturated carbocycles. The number of thiophene rings is 1. The van der Waals surface area contributed by atoms with Gasteiger partial charge in [-0.05, 0) is 35.4 Å². The van der Waals surface area contributed by atoms with Crippen molar-refractivity contribution in [3.8, 4) is 0 Å². The van der Waals surface area contributed by atoms with Gasteiger partial charge < -0.3 is 9.84 Å². The summed E-state index contributed by atoms with van der Waals surface area (Å²) in [6.45, 7) is 1.48. The lowest BCUT2D eigenvalue weighted by Crippen LogP contribution is -2.68. The quantitative estimate of drug-likeness (QED) is 0.488. The van der Waals surface area contributed by atoms with Gasteiger partial charge >= 0.3 is 12.0 Å². The number of carbonyl (C=O) groups excluding carboxylic acids is 2. The number of aliphatic hydroxyl groups is 1. The second kappa shape index (κ2) is 8.62. The molecule has 5 heterocycles. The van der Waals surface area contributed by atoms with Gasteiger partial charge in [0.05, 0.1) is 13.1 Å². The van der Waals surface area contributed by atoms with Crippen LogP contribution in [-0.2, 0) is 15.1 Å². The van der Waals surface area contributed by atoms with Crippen LogP contribution in [0.15, 0.2) is 35.2 Å². The Hall–Kier alpha value is -2.50. The van der Waals surface area contributed by atoms with Gasteiger partial charge in [0.2, 0.25) is 5.92 Å². The Labute approximate surface area is 199 Å². The van der Waals surface area contributed by atoms with Crippen molar-refractivity contribution >= 4 is 29.2 Å². The Bertz CT molecular complexity index is 1050. The Morgan fingerprint density at radius 1 is 1.26 bits per heavy atom. The third-order valence-electron chi connectivity index (χ3n) is 7.67. The Kier molecular flexibility index (Phi) is 5.89. The fourth-order valence-electron chi connectivity index (χ4n) is 5.68. The molecule has 182 valence electrons. The molecule has 34 heavy (non-hydrogen) atoms. The highest BCUT2D eigenvalue weighted by Crippen LogP contribution is 2.49. The minimum atomic E-state index is -2.92. The fourth-order valence-corrected chi connectivity index (χ4v) is 6.39. The maximum Gasteiger partial charge on any atom is 0.422 e. The van der Waals surface area contributed by atoms with E-state index in [1.807, 2.05) is 0 Å². The number of hydrogen-bond acceptors (Lipinski definition) is 7. The van der Waals surface area contributed by atoms with E-state index in [2.05, 4.69) is 15.5 Å². The van der Waals surface area contributed by atoms with E-state index in [0.717, 1.165) is 0 Å². The van der Waals surface area contributed by atoms with Crippen LogP contribution >= 0.6 is 11.3 Å². The first kappa shape index (κ1) is 23.3. The zero-order valence-electron chi connectivity index (χ0n) is 18.5. The van der Waals surface area contributed by atoms with Crippen LogP contribution in [0.5, 0.6) is 0 Å². The Morgan fingerprint density at radius 3 is 2.68 bits per heavy atom. The number of nitrogens with one attached hydrogen (secondary N) is 1. The number of amides is 2. The number of carbonyl (C=O) groups is 2. The van der Waals surface area contributed by atoms with E-state index in [9.17, 15) is 23.5 Å². The number of ether oxygens (including phenoxy) is 1. The summed E-state index contributed by atoms with van der Waals surface area (Å²) in [5.74, 6) is -4.35. The Morgan fingerprint density at radius 2 is 2.06 bits per heavy atom. The predicted molar refractivity (Wildman–Crippen MR) is 119 cm³/mol. The van der Waals surface area contributed by atoms with E-state index >= 15 is 0 Å². The molecule has 11 heteroatoms. The monoisotopic (exact) mass is 493 g/mol. The topological polar surface area (TPSA) is 101 Å². The summed E-state index contributed by atoms with van der Waals surface area (Å²) in [5.41, 5.74) is -1.85. The van der Waals surface area contributed by atoms with Crippen molar-refractivity contribution in [2.45, 2.75) is 49.7 Å². The second-order valence-electron chi connectivity index (χ2n) is 9.67. The zero-order chi connectivity index (χ0) is 24.0. The third kappa shape index (κ3) is 4.09. The van der Waals surface area contributed by atoms with Gasteiger partial charge in [0.1, 0.15) is 6.54 Å². The fraction of sp³-hybridized carbons (Fsp3) is 0.565. The van der Waals surface area contributed by atoms with Gasteiger partial charge in [-0.2, -0.15) is 16.4 Å². The smallest absolute Gasteiger partial charge is 0.422 e. The van der Waals surface area contributed by atoms with Gasteiger partial charge in [0.15, 0.2) is 17.5 Å². The lowest BCUT2D eigenvalue weighted by atomic mass is 9.80. The number of urea groups is 1. The van der Waals surface area contributed by atoms with Gasteiger partial charge in [-0.1, -0.05) is 0 Å². The predicted octanol–water partition coefficient (Wildman–Crippen LogP) is 3.55. The number of fused-ring (bicyclic) bond motifs is 3. The average Bonchev–Trinajstić information content (AvgIpc) is 3.50. The molecule has 2 unspecified atom stereocenters. The number of aromatic nitrogens is 2.